The average Bonchev–Trinajstić information content (AvgIpc) is 3.11. The first-order valence-corrected chi connectivity index (χ1v) is 10.7. The third kappa shape index (κ3) is 3.92. The molecule has 0 radical (unpaired) electrons. The molecule has 1 aromatic heterocycles. The maximum Gasteiger partial charge on any atom is 0.213 e. The topological polar surface area (TPSA) is 78.2 Å². The molecule has 0 spiro atoms. The minimum absolute atomic E-state index is 0.254. The molecule has 0 bridgehead atoms. The summed E-state index contributed by atoms with van der Waals surface area (Å²) in [5.74, 6) is 0. The zero-order valence-electron chi connectivity index (χ0n) is 14.7. The van der Waals surface area contributed by atoms with Crippen LogP contribution in [-0.4, -0.2) is 28.1 Å². The van der Waals surface area contributed by atoms with Crippen molar-refractivity contribution in [3.8, 4) is 27.6 Å². The van der Waals surface area contributed by atoms with E-state index in [4.69, 9.17) is 0 Å². The summed E-state index contributed by atoms with van der Waals surface area (Å²) in [4.78, 5) is 14.1. The molecule has 5 nitrogen and oxygen atoms in total. The van der Waals surface area contributed by atoms with Crippen LogP contribution in [0.2, 0.25) is 0 Å². The number of anilines is 1. The van der Waals surface area contributed by atoms with Gasteiger partial charge in [-0.25, -0.2) is 8.42 Å². The molecule has 0 fully saturated rings. The molecular weight excluding hydrogens is 380 g/mol. The van der Waals surface area contributed by atoms with Crippen LogP contribution in [0.4, 0.5) is 5.69 Å². The molecule has 2 aromatic carbocycles. The van der Waals surface area contributed by atoms with E-state index in [1.54, 1.807) is 37.4 Å². The van der Waals surface area contributed by atoms with Crippen molar-refractivity contribution < 1.29 is 13.2 Å². The smallest absolute Gasteiger partial charge is 0.213 e. The Morgan fingerprint density at radius 3 is 2.15 bits per heavy atom. The van der Waals surface area contributed by atoms with Crippen molar-refractivity contribution in [2.24, 2.45) is 0 Å². The molecule has 0 saturated carbocycles. The molecule has 0 aliphatic heterocycles. The summed E-state index contributed by atoms with van der Waals surface area (Å²) in [5, 5.41) is 9.30. The van der Waals surface area contributed by atoms with Gasteiger partial charge in [-0.15, -0.1) is 11.3 Å². The molecule has 1 amide bonds. The standard InChI is InChI=1S/C20H16N2O3S2/c1-22(13-23)16-7-3-15(4-8-16)20-19(11-17(12-21)26-20)14-5-9-18(10-6-14)27(2,24)25/h3-11,13H,1-2H3. The summed E-state index contributed by atoms with van der Waals surface area (Å²) >= 11 is 1.37. The summed E-state index contributed by atoms with van der Waals surface area (Å²) < 4.78 is 23.3. The number of nitriles is 1. The molecule has 1 heterocycles. The van der Waals surface area contributed by atoms with Crippen molar-refractivity contribution in [3.05, 3.63) is 59.5 Å². The number of thiophene rings is 1. The molecule has 3 rings (SSSR count). The fraction of sp³-hybridized carbons (Fsp3) is 0.100. The summed E-state index contributed by atoms with van der Waals surface area (Å²) in [7, 11) is -1.59. The van der Waals surface area contributed by atoms with Crippen molar-refractivity contribution in [2.45, 2.75) is 4.90 Å². The monoisotopic (exact) mass is 396 g/mol. The summed E-state index contributed by atoms with van der Waals surface area (Å²) in [5.41, 5.74) is 3.40. The van der Waals surface area contributed by atoms with E-state index in [-0.39, 0.29) is 4.90 Å². The van der Waals surface area contributed by atoms with Crippen molar-refractivity contribution in [1.82, 2.24) is 0 Å². The number of carbonyl (C=O) groups is 1. The molecule has 3 aromatic rings. The van der Waals surface area contributed by atoms with E-state index in [0.717, 1.165) is 33.7 Å². The van der Waals surface area contributed by atoms with Gasteiger partial charge in [-0.05, 0) is 41.5 Å². The fourth-order valence-electron chi connectivity index (χ4n) is 2.67. The Bertz CT molecular complexity index is 1120. The first kappa shape index (κ1) is 18.8. The quantitative estimate of drug-likeness (QED) is 0.612. The Balaban J connectivity index is 2.07. The van der Waals surface area contributed by atoms with Crippen LogP contribution in [0.3, 0.4) is 0 Å². The third-order valence-electron chi connectivity index (χ3n) is 4.13. The highest BCUT2D eigenvalue weighted by Crippen LogP contribution is 2.39. The second kappa shape index (κ2) is 7.35. The van der Waals surface area contributed by atoms with Crippen molar-refractivity contribution in [1.29, 1.82) is 5.26 Å². The second-order valence-corrected chi connectivity index (χ2v) is 9.09. The summed E-state index contributed by atoms with van der Waals surface area (Å²) in [6, 6.07) is 18.1. The molecule has 136 valence electrons. The first-order chi connectivity index (χ1) is 12.8. The largest absolute Gasteiger partial charge is 0.318 e. The molecule has 0 saturated heterocycles. The van der Waals surface area contributed by atoms with Gasteiger partial charge >= 0.3 is 0 Å². The van der Waals surface area contributed by atoms with E-state index in [0.29, 0.717) is 4.88 Å². The molecule has 27 heavy (non-hydrogen) atoms. The Labute approximate surface area is 162 Å². The average molecular weight is 396 g/mol. The van der Waals surface area contributed by atoms with Gasteiger partial charge in [0.05, 0.1) is 4.90 Å². The molecule has 0 unspecified atom stereocenters. The van der Waals surface area contributed by atoms with Gasteiger partial charge < -0.3 is 4.90 Å². The lowest BCUT2D eigenvalue weighted by atomic mass is 10.0. The van der Waals surface area contributed by atoms with Crippen molar-refractivity contribution in [3.63, 3.8) is 0 Å². The number of carbonyl (C=O) groups excluding carboxylic acids is 1. The number of hydrogen-bond donors (Lipinski definition) is 0. The van der Waals surface area contributed by atoms with Gasteiger partial charge in [0.25, 0.3) is 0 Å². The van der Waals surface area contributed by atoms with E-state index < -0.39 is 9.84 Å². The van der Waals surface area contributed by atoms with E-state index in [9.17, 15) is 18.5 Å². The molecule has 0 atom stereocenters. The highest BCUT2D eigenvalue weighted by Gasteiger charge is 2.15. The van der Waals surface area contributed by atoms with E-state index in [2.05, 4.69) is 6.07 Å². The van der Waals surface area contributed by atoms with Gasteiger partial charge in [-0.2, -0.15) is 5.26 Å². The third-order valence-corrected chi connectivity index (χ3v) is 6.35. The van der Waals surface area contributed by atoms with Gasteiger partial charge in [0.1, 0.15) is 10.9 Å². The first-order valence-electron chi connectivity index (χ1n) is 7.96. The maximum atomic E-state index is 11.7. The van der Waals surface area contributed by atoms with Crippen LogP contribution in [0.15, 0.2) is 59.5 Å². The highest BCUT2D eigenvalue weighted by atomic mass is 32.2. The van der Waals surface area contributed by atoms with Crippen LogP contribution < -0.4 is 4.90 Å². The molecule has 0 aliphatic carbocycles. The molecule has 0 aliphatic rings. The SMILES string of the molecule is CN(C=O)c1ccc(-c2sc(C#N)cc2-c2ccc(S(C)(=O)=O)cc2)cc1. The lowest BCUT2D eigenvalue weighted by Crippen LogP contribution is -2.13. The minimum Gasteiger partial charge on any atom is -0.318 e. The predicted molar refractivity (Wildman–Crippen MR) is 107 cm³/mol. The van der Waals surface area contributed by atoms with Gasteiger partial charge in [0.2, 0.25) is 6.41 Å². The van der Waals surface area contributed by atoms with Crippen LogP contribution in [0.1, 0.15) is 4.88 Å². The Kier molecular flexibility index (Phi) is 5.13. The molecular formula is C20H16N2O3S2. The molecule has 7 heteroatoms. The Morgan fingerprint density at radius 2 is 1.63 bits per heavy atom. The number of amides is 1. The van der Waals surface area contributed by atoms with Crippen LogP contribution >= 0.6 is 11.3 Å². The van der Waals surface area contributed by atoms with Crippen LogP contribution in [0, 0.1) is 11.3 Å². The van der Waals surface area contributed by atoms with E-state index >= 15 is 0 Å². The fourth-order valence-corrected chi connectivity index (χ4v) is 4.28. The number of benzene rings is 2. The van der Waals surface area contributed by atoms with Crippen LogP contribution in [-0.2, 0) is 14.6 Å². The van der Waals surface area contributed by atoms with Crippen LogP contribution in [0.5, 0.6) is 0 Å². The lowest BCUT2D eigenvalue weighted by molar-refractivity contribution is -0.107. The van der Waals surface area contributed by atoms with E-state index in [1.165, 1.54) is 22.5 Å². The normalized spacial score (nSPS) is 11.0. The van der Waals surface area contributed by atoms with Gasteiger partial charge in [-0.3, -0.25) is 4.79 Å². The second-order valence-electron chi connectivity index (χ2n) is 6.02. The van der Waals surface area contributed by atoms with E-state index in [1.807, 2.05) is 24.3 Å². The number of sulfone groups is 1. The highest BCUT2D eigenvalue weighted by molar-refractivity contribution is 7.90. The zero-order valence-corrected chi connectivity index (χ0v) is 16.3. The maximum absolute atomic E-state index is 11.7. The number of nitrogens with zero attached hydrogens (tertiary/aromatic N) is 2. The molecule has 0 N–H and O–H groups in total. The van der Waals surface area contributed by atoms with Crippen molar-refractivity contribution >= 4 is 33.3 Å². The van der Waals surface area contributed by atoms with Crippen LogP contribution in [0.25, 0.3) is 21.6 Å². The lowest BCUT2D eigenvalue weighted by Gasteiger charge is -2.11. The Morgan fingerprint density at radius 1 is 1.04 bits per heavy atom. The minimum atomic E-state index is -3.26. The summed E-state index contributed by atoms with van der Waals surface area (Å²) in [6.45, 7) is 0. The van der Waals surface area contributed by atoms with Gasteiger partial charge in [0.15, 0.2) is 9.84 Å². The number of hydrogen-bond acceptors (Lipinski definition) is 5. The van der Waals surface area contributed by atoms with Gasteiger partial charge in [0, 0.05) is 29.4 Å². The predicted octanol–water partition coefficient (Wildman–Crippen LogP) is 3.95. The Hall–Kier alpha value is -2.95. The zero-order chi connectivity index (χ0) is 19.6. The van der Waals surface area contributed by atoms with Crippen molar-refractivity contribution in [2.75, 3.05) is 18.2 Å². The summed E-state index contributed by atoms with van der Waals surface area (Å²) in [6.07, 6.45) is 1.91. The van der Waals surface area contributed by atoms with Gasteiger partial charge in [-0.1, -0.05) is 24.3 Å². The number of rotatable bonds is 5.